The first-order valence-electron chi connectivity index (χ1n) is 17.6. The number of carbonyl (C=O) groups excluding carboxylic acids is 3. The summed E-state index contributed by atoms with van der Waals surface area (Å²) in [6, 6.07) is 21.5. The van der Waals surface area contributed by atoms with Gasteiger partial charge in [-0.1, -0.05) is 48.5 Å². The second kappa shape index (κ2) is 22.0. The zero-order valence-corrected chi connectivity index (χ0v) is 33.3. The summed E-state index contributed by atoms with van der Waals surface area (Å²) in [6.45, 7) is 1.59. The van der Waals surface area contributed by atoms with Crippen molar-refractivity contribution in [3.63, 3.8) is 0 Å². The number of carbonyl (C=O) groups is 3. The fourth-order valence-electron chi connectivity index (χ4n) is 5.36. The number of esters is 3. The molecule has 0 spiro atoms. The van der Waals surface area contributed by atoms with E-state index in [0.29, 0.717) is 16.7 Å². The lowest BCUT2D eigenvalue weighted by Crippen LogP contribution is -2.37. The maximum absolute atomic E-state index is 12.6. The molecule has 64 heavy (non-hydrogen) atoms. The molecule has 0 aliphatic rings. The van der Waals surface area contributed by atoms with Crippen molar-refractivity contribution in [3.05, 3.63) is 125 Å². The van der Waals surface area contributed by atoms with Gasteiger partial charge in [0.1, 0.15) is 17.2 Å². The summed E-state index contributed by atoms with van der Waals surface area (Å²) in [5.41, 5.74) is 1.57. The Bertz CT molecular complexity index is 2290. The molecule has 0 saturated carbocycles. The van der Waals surface area contributed by atoms with Gasteiger partial charge < -0.3 is 48.5 Å². The third kappa shape index (κ3) is 15.9. The molecule has 0 aliphatic heterocycles. The SMILES string of the molecule is COC(=O)c1cc(OC(F)(F)F)ccc1-c1cccc(-c2ccc(OC(F)(F)F)cc2C(=O)OC)c1.COC(=O)c1cc(OC(F)(F)F)ccc1C.OB(O)c1cccc(B(O)O)c1. The maximum atomic E-state index is 12.6. The molecule has 0 unspecified atom stereocenters. The van der Waals surface area contributed by atoms with E-state index in [4.69, 9.17) is 20.1 Å². The molecule has 0 aliphatic carbocycles. The van der Waals surface area contributed by atoms with Crippen LogP contribution in [-0.2, 0) is 14.2 Å². The summed E-state index contributed by atoms with van der Waals surface area (Å²) in [7, 11) is 0.0893. The van der Waals surface area contributed by atoms with Gasteiger partial charge in [0.25, 0.3) is 0 Å². The van der Waals surface area contributed by atoms with E-state index >= 15 is 0 Å². The van der Waals surface area contributed by atoms with Crippen LogP contribution in [0.4, 0.5) is 39.5 Å². The molecule has 0 radical (unpaired) electrons. The van der Waals surface area contributed by atoms with E-state index in [0.717, 1.165) is 57.7 Å². The molecule has 0 amide bonds. The van der Waals surface area contributed by atoms with Crippen LogP contribution in [0, 0.1) is 6.92 Å². The van der Waals surface area contributed by atoms with Crippen molar-refractivity contribution in [1.29, 1.82) is 0 Å². The minimum atomic E-state index is -4.99. The number of hydrogen-bond donors (Lipinski definition) is 4. The van der Waals surface area contributed by atoms with Crippen LogP contribution in [0.5, 0.6) is 17.2 Å². The lowest BCUT2D eigenvalue weighted by atomic mass is 9.73. The number of hydrogen-bond acceptors (Lipinski definition) is 13. The third-order valence-electron chi connectivity index (χ3n) is 8.10. The largest absolute Gasteiger partial charge is 0.573 e. The number of halogens is 9. The Kier molecular flexibility index (Phi) is 17.8. The number of alkyl halides is 9. The highest BCUT2D eigenvalue weighted by atomic mass is 19.4. The van der Waals surface area contributed by atoms with Gasteiger partial charge in [-0.25, -0.2) is 14.4 Å². The first-order valence-corrected chi connectivity index (χ1v) is 17.6. The van der Waals surface area contributed by atoms with Crippen molar-refractivity contribution >= 4 is 43.1 Å². The summed E-state index contributed by atoms with van der Waals surface area (Å²) >= 11 is 0. The summed E-state index contributed by atoms with van der Waals surface area (Å²) in [5.74, 6) is -4.31. The van der Waals surface area contributed by atoms with E-state index in [2.05, 4.69) is 28.4 Å². The third-order valence-corrected chi connectivity index (χ3v) is 8.10. The summed E-state index contributed by atoms with van der Waals surface area (Å²) in [5, 5.41) is 34.9. The zero-order chi connectivity index (χ0) is 48.2. The topological polar surface area (TPSA) is 188 Å². The Morgan fingerprint density at radius 1 is 0.453 bits per heavy atom. The number of rotatable bonds is 10. The molecule has 4 N–H and O–H groups in total. The number of ether oxygens (including phenoxy) is 6. The average molecular weight is 914 g/mol. The van der Waals surface area contributed by atoms with Crippen LogP contribution in [0.3, 0.4) is 0 Å². The van der Waals surface area contributed by atoms with Gasteiger partial charge in [-0.3, -0.25) is 0 Å². The van der Waals surface area contributed by atoms with Crippen molar-refractivity contribution in [2.75, 3.05) is 21.3 Å². The predicted octanol–water partition coefficient (Wildman–Crippen LogP) is 6.12. The van der Waals surface area contributed by atoms with Crippen molar-refractivity contribution < 1.29 is 102 Å². The van der Waals surface area contributed by atoms with Crippen LogP contribution in [0.1, 0.15) is 36.6 Å². The van der Waals surface area contributed by atoms with Gasteiger partial charge >= 0.3 is 51.2 Å². The van der Waals surface area contributed by atoms with Gasteiger partial charge in [0.15, 0.2) is 0 Å². The number of methoxy groups -OCH3 is 3. The minimum absolute atomic E-state index is 0.0456. The number of benzene rings is 5. The van der Waals surface area contributed by atoms with Crippen molar-refractivity contribution in [2.45, 2.75) is 26.0 Å². The molecule has 340 valence electrons. The lowest BCUT2D eigenvalue weighted by Gasteiger charge is -2.15. The lowest BCUT2D eigenvalue weighted by molar-refractivity contribution is -0.275. The highest BCUT2D eigenvalue weighted by molar-refractivity contribution is 6.62. The summed E-state index contributed by atoms with van der Waals surface area (Å²) < 4.78 is 137. The Labute approximate surface area is 357 Å². The molecule has 0 saturated heterocycles. The molecule has 0 atom stereocenters. The monoisotopic (exact) mass is 914 g/mol. The van der Waals surface area contributed by atoms with E-state index in [9.17, 15) is 53.9 Å². The van der Waals surface area contributed by atoms with Crippen LogP contribution >= 0.6 is 0 Å². The van der Waals surface area contributed by atoms with Gasteiger partial charge in [-0.05, 0) is 100 Å². The Balaban J connectivity index is 0.000000317. The van der Waals surface area contributed by atoms with Gasteiger partial charge in [-0.15, -0.1) is 39.5 Å². The molecule has 5 aromatic carbocycles. The second-order valence-corrected chi connectivity index (χ2v) is 12.5. The van der Waals surface area contributed by atoms with E-state index < -0.39 is 68.5 Å². The highest BCUT2D eigenvalue weighted by Gasteiger charge is 2.33. The molecular formula is C40H33B2F9O13. The zero-order valence-electron chi connectivity index (χ0n) is 33.3. The highest BCUT2D eigenvalue weighted by Crippen LogP contribution is 2.36. The van der Waals surface area contributed by atoms with Crippen LogP contribution in [0.25, 0.3) is 22.3 Å². The number of aryl methyl sites for hydroxylation is 1. The standard InChI is InChI=1S/C24H16F6O6.C10H9F3O3.C6H8B2O4/c1-33-21(31)19-11-15(35-23(25,26)27)6-8-17(19)13-4-3-5-14(10-13)18-9-7-16(36-24(28,29)30)12-20(18)22(32)34-2;1-6-3-4-7(16-10(11,12)13)5-8(6)9(14)15-2;9-7(10)5-2-1-3-6(4-5)8(11)12/h3-12H,1-2H3;3-5H,1-2H3;1-4,9-12H. The molecule has 0 bridgehead atoms. The Morgan fingerprint density at radius 2 is 0.781 bits per heavy atom. The van der Waals surface area contributed by atoms with Gasteiger partial charge in [-0.2, -0.15) is 0 Å². The molecule has 0 fully saturated rings. The second-order valence-electron chi connectivity index (χ2n) is 12.5. The van der Waals surface area contributed by atoms with Crippen LogP contribution in [-0.4, -0.2) is 92.7 Å². The summed E-state index contributed by atoms with van der Waals surface area (Å²) in [4.78, 5) is 35.8. The van der Waals surface area contributed by atoms with Crippen molar-refractivity contribution in [3.8, 4) is 39.5 Å². The first kappa shape index (κ1) is 51.6. The fraction of sp³-hybridized carbons (Fsp3) is 0.175. The van der Waals surface area contributed by atoms with E-state index in [1.54, 1.807) is 6.92 Å². The molecular weight excluding hydrogens is 881 g/mol. The smallest absolute Gasteiger partial charge is 0.465 e. The van der Waals surface area contributed by atoms with Crippen LogP contribution in [0.2, 0.25) is 0 Å². The molecule has 24 heteroatoms. The van der Waals surface area contributed by atoms with Crippen molar-refractivity contribution in [2.24, 2.45) is 0 Å². The molecule has 5 aromatic rings. The Hall–Kier alpha value is -6.75. The van der Waals surface area contributed by atoms with Crippen LogP contribution < -0.4 is 25.1 Å². The normalized spacial score (nSPS) is 11.1. The predicted molar refractivity (Wildman–Crippen MR) is 209 cm³/mol. The molecule has 5 rings (SSSR count). The van der Waals surface area contributed by atoms with Crippen molar-refractivity contribution in [1.82, 2.24) is 0 Å². The quantitative estimate of drug-likeness (QED) is 0.0544. The minimum Gasteiger partial charge on any atom is -0.465 e. The molecule has 0 aromatic heterocycles. The van der Waals surface area contributed by atoms with Gasteiger partial charge in [0.05, 0.1) is 38.0 Å². The summed E-state index contributed by atoms with van der Waals surface area (Å²) in [6.07, 6.45) is -14.7. The maximum Gasteiger partial charge on any atom is 0.573 e. The van der Waals surface area contributed by atoms with Crippen LogP contribution in [0.15, 0.2) is 103 Å². The van der Waals surface area contributed by atoms with Gasteiger partial charge in [0.2, 0.25) is 0 Å². The van der Waals surface area contributed by atoms with E-state index in [1.165, 1.54) is 66.7 Å². The van der Waals surface area contributed by atoms with E-state index in [1.807, 2.05) is 0 Å². The van der Waals surface area contributed by atoms with E-state index in [-0.39, 0.29) is 38.7 Å². The Morgan fingerprint density at radius 3 is 1.12 bits per heavy atom. The molecule has 13 nitrogen and oxygen atoms in total. The van der Waals surface area contributed by atoms with Gasteiger partial charge in [0, 0.05) is 0 Å². The first-order chi connectivity index (χ1) is 29.7. The molecule has 0 heterocycles. The fourth-order valence-corrected chi connectivity index (χ4v) is 5.36. The average Bonchev–Trinajstić information content (AvgIpc) is 3.22.